The van der Waals surface area contributed by atoms with Gasteiger partial charge in [-0.25, -0.2) is 5.43 Å². The monoisotopic (exact) mass is 298 g/mol. The zero-order valence-electron chi connectivity index (χ0n) is 12.5. The van der Waals surface area contributed by atoms with Gasteiger partial charge in [-0.1, -0.05) is 18.2 Å². The number of hydrazone groups is 1. The maximum Gasteiger partial charge on any atom is 0.277 e. The first kappa shape index (κ1) is 15.6. The molecule has 0 fully saturated rings. The fourth-order valence-electron chi connectivity index (χ4n) is 1.76. The van der Waals surface area contributed by atoms with Crippen molar-refractivity contribution >= 4 is 12.1 Å². The predicted molar refractivity (Wildman–Crippen MR) is 85.3 cm³/mol. The van der Waals surface area contributed by atoms with Gasteiger partial charge in [0, 0.05) is 5.56 Å². The molecule has 114 valence electrons. The first-order chi connectivity index (χ1) is 10.6. The molecule has 2 N–H and O–H groups in total. The molecule has 0 unspecified atom stereocenters. The summed E-state index contributed by atoms with van der Waals surface area (Å²) in [6.45, 7) is 3.87. The highest BCUT2D eigenvalue weighted by atomic mass is 16.5. The van der Waals surface area contributed by atoms with Crippen molar-refractivity contribution in [2.45, 2.75) is 13.8 Å². The summed E-state index contributed by atoms with van der Waals surface area (Å²) in [4.78, 5) is 11.6. The van der Waals surface area contributed by atoms with Crippen molar-refractivity contribution in [3.05, 3.63) is 59.2 Å². The Kier molecular flexibility index (Phi) is 5.14. The maximum absolute atomic E-state index is 11.6. The third-order valence-corrected chi connectivity index (χ3v) is 3.18. The summed E-state index contributed by atoms with van der Waals surface area (Å²) >= 11 is 0. The summed E-state index contributed by atoms with van der Waals surface area (Å²) in [6, 6.07) is 12.4. The lowest BCUT2D eigenvalue weighted by atomic mass is 10.1. The fourth-order valence-corrected chi connectivity index (χ4v) is 1.76. The van der Waals surface area contributed by atoms with Crippen LogP contribution in [0.2, 0.25) is 0 Å². The highest BCUT2D eigenvalue weighted by Gasteiger charge is 2.03. The summed E-state index contributed by atoms with van der Waals surface area (Å²) in [5, 5.41) is 13.3. The van der Waals surface area contributed by atoms with Gasteiger partial charge in [-0.15, -0.1) is 0 Å². The molecule has 0 heterocycles. The van der Waals surface area contributed by atoms with Crippen molar-refractivity contribution in [1.82, 2.24) is 5.43 Å². The number of phenols is 1. The Morgan fingerprint density at radius 2 is 2.00 bits per heavy atom. The molecule has 5 nitrogen and oxygen atoms in total. The molecule has 2 rings (SSSR count). The Bertz CT molecular complexity index is 696. The quantitative estimate of drug-likeness (QED) is 0.658. The second-order valence-corrected chi connectivity index (χ2v) is 4.89. The zero-order valence-corrected chi connectivity index (χ0v) is 12.5. The van der Waals surface area contributed by atoms with Crippen molar-refractivity contribution < 1.29 is 14.6 Å². The normalized spacial score (nSPS) is 10.6. The van der Waals surface area contributed by atoms with E-state index in [4.69, 9.17) is 4.74 Å². The van der Waals surface area contributed by atoms with Crippen LogP contribution in [0.3, 0.4) is 0 Å². The average molecular weight is 298 g/mol. The van der Waals surface area contributed by atoms with Crippen molar-refractivity contribution in [2.75, 3.05) is 6.61 Å². The molecule has 0 aliphatic heterocycles. The second kappa shape index (κ2) is 7.26. The smallest absolute Gasteiger partial charge is 0.277 e. The van der Waals surface area contributed by atoms with E-state index >= 15 is 0 Å². The number of nitrogens with one attached hydrogen (secondary N) is 1. The van der Waals surface area contributed by atoms with Crippen molar-refractivity contribution in [3.8, 4) is 11.5 Å². The van der Waals surface area contributed by atoms with E-state index in [-0.39, 0.29) is 18.3 Å². The van der Waals surface area contributed by atoms with Gasteiger partial charge in [0.15, 0.2) is 6.61 Å². The molecule has 0 aromatic heterocycles. The Morgan fingerprint density at radius 1 is 1.23 bits per heavy atom. The Balaban J connectivity index is 1.83. The number of benzene rings is 2. The third-order valence-electron chi connectivity index (χ3n) is 3.18. The number of rotatable bonds is 5. The van der Waals surface area contributed by atoms with Crippen LogP contribution in [0.4, 0.5) is 0 Å². The van der Waals surface area contributed by atoms with Crippen molar-refractivity contribution in [2.24, 2.45) is 5.10 Å². The van der Waals surface area contributed by atoms with Gasteiger partial charge in [0.05, 0.1) is 6.21 Å². The first-order valence-corrected chi connectivity index (χ1v) is 6.86. The number of aromatic hydroxyl groups is 1. The second-order valence-electron chi connectivity index (χ2n) is 4.89. The van der Waals surface area contributed by atoms with Crippen molar-refractivity contribution in [1.29, 1.82) is 0 Å². The van der Waals surface area contributed by atoms with E-state index in [9.17, 15) is 9.90 Å². The summed E-state index contributed by atoms with van der Waals surface area (Å²) in [6.07, 6.45) is 1.38. The number of phenolic OH excluding ortho intramolecular Hbond substituents is 1. The number of carbonyl (C=O) groups excluding carboxylic acids is 1. The van der Waals surface area contributed by atoms with Gasteiger partial charge in [0.1, 0.15) is 11.5 Å². The molecule has 0 radical (unpaired) electrons. The van der Waals surface area contributed by atoms with Crippen molar-refractivity contribution in [3.63, 3.8) is 0 Å². The number of carbonyl (C=O) groups is 1. The van der Waals surface area contributed by atoms with Gasteiger partial charge >= 0.3 is 0 Å². The highest BCUT2D eigenvalue weighted by Crippen LogP contribution is 2.16. The topological polar surface area (TPSA) is 70.9 Å². The molecule has 22 heavy (non-hydrogen) atoms. The van der Waals surface area contributed by atoms with Gasteiger partial charge in [-0.05, 0) is 49.2 Å². The lowest BCUT2D eigenvalue weighted by Crippen LogP contribution is -2.24. The molecule has 0 spiro atoms. The third kappa shape index (κ3) is 4.34. The predicted octanol–water partition coefficient (Wildman–Crippen LogP) is 2.54. The number of amides is 1. The van der Waals surface area contributed by atoms with E-state index in [0.29, 0.717) is 11.3 Å². The van der Waals surface area contributed by atoms with Gasteiger partial charge in [-0.3, -0.25) is 4.79 Å². The number of aryl methyl sites for hydroxylation is 2. The minimum Gasteiger partial charge on any atom is -0.507 e. The SMILES string of the molecule is Cc1ccc(OCC(=O)N/N=C/c2ccccc2O)cc1C. The maximum atomic E-state index is 11.6. The molecule has 2 aromatic rings. The van der Waals surface area contributed by atoms with Crippen LogP contribution in [-0.2, 0) is 4.79 Å². The van der Waals surface area contributed by atoms with Gasteiger partial charge in [0.25, 0.3) is 5.91 Å². The number of hydrogen-bond donors (Lipinski definition) is 2. The average Bonchev–Trinajstić information content (AvgIpc) is 2.50. The molecular formula is C17H18N2O3. The Labute approximate surface area is 129 Å². The lowest BCUT2D eigenvalue weighted by molar-refractivity contribution is -0.123. The fraction of sp³-hybridized carbons (Fsp3) is 0.176. The number of ether oxygens (including phenoxy) is 1. The molecule has 0 bridgehead atoms. The zero-order chi connectivity index (χ0) is 15.9. The Hall–Kier alpha value is -2.82. The lowest BCUT2D eigenvalue weighted by Gasteiger charge is -2.07. The molecule has 0 saturated heterocycles. The van der Waals surface area contributed by atoms with Crippen LogP contribution in [0, 0.1) is 13.8 Å². The van der Waals surface area contributed by atoms with Gasteiger partial charge in [-0.2, -0.15) is 5.10 Å². The summed E-state index contributed by atoms with van der Waals surface area (Å²) in [5.41, 5.74) is 5.15. The molecule has 5 heteroatoms. The van der Waals surface area contributed by atoms with E-state index in [0.717, 1.165) is 5.56 Å². The van der Waals surface area contributed by atoms with Gasteiger partial charge in [0.2, 0.25) is 0 Å². The first-order valence-electron chi connectivity index (χ1n) is 6.86. The van der Waals surface area contributed by atoms with Crippen LogP contribution < -0.4 is 10.2 Å². The molecule has 0 aliphatic carbocycles. The number of nitrogens with zero attached hydrogens (tertiary/aromatic N) is 1. The molecule has 2 aromatic carbocycles. The summed E-state index contributed by atoms with van der Waals surface area (Å²) < 4.78 is 5.39. The van der Waals surface area contributed by atoms with Crippen LogP contribution in [0.1, 0.15) is 16.7 Å². The van der Waals surface area contributed by atoms with E-state index in [2.05, 4.69) is 10.5 Å². The van der Waals surface area contributed by atoms with E-state index in [1.165, 1.54) is 11.8 Å². The molecular weight excluding hydrogens is 280 g/mol. The van der Waals surface area contributed by atoms with Crippen LogP contribution in [-0.4, -0.2) is 23.8 Å². The molecule has 0 saturated carbocycles. The molecule has 1 amide bonds. The molecule has 0 aliphatic rings. The number of para-hydroxylation sites is 1. The van der Waals surface area contributed by atoms with Crippen LogP contribution in [0.5, 0.6) is 11.5 Å². The summed E-state index contributed by atoms with van der Waals surface area (Å²) in [7, 11) is 0. The molecule has 0 atom stereocenters. The standard InChI is InChI=1S/C17H18N2O3/c1-12-7-8-15(9-13(12)2)22-11-17(21)19-18-10-14-5-3-4-6-16(14)20/h3-10,20H,11H2,1-2H3,(H,19,21)/b18-10+. The Morgan fingerprint density at radius 3 is 2.73 bits per heavy atom. The summed E-state index contributed by atoms with van der Waals surface area (Å²) in [5.74, 6) is 0.375. The highest BCUT2D eigenvalue weighted by molar-refractivity contribution is 5.85. The van der Waals surface area contributed by atoms with Crippen LogP contribution in [0.25, 0.3) is 0 Å². The van der Waals surface area contributed by atoms with E-state index in [1.54, 1.807) is 24.3 Å². The van der Waals surface area contributed by atoms with Crippen LogP contribution >= 0.6 is 0 Å². The number of hydrogen-bond acceptors (Lipinski definition) is 4. The largest absolute Gasteiger partial charge is 0.507 e. The van der Waals surface area contributed by atoms with E-state index in [1.807, 2.05) is 32.0 Å². The minimum atomic E-state index is -0.370. The van der Waals surface area contributed by atoms with Gasteiger partial charge < -0.3 is 9.84 Å². The van der Waals surface area contributed by atoms with E-state index < -0.39 is 0 Å². The van der Waals surface area contributed by atoms with Crippen LogP contribution in [0.15, 0.2) is 47.6 Å². The minimum absolute atomic E-state index is 0.104.